The number of thiocarbonyl (C=S) groups is 1. The highest BCUT2D eigenvalue weighted by atomic mass is 35.5. The molecule has 3 N–H and O–H groups in total. The summed E-state index contributed by atoms with van der Waals surface area (Å²) in [5.74, 6) is -0.258. The molecule has 0 unspecified atom stereocenters. The second-order valence-electron chi connectivity index (χ2n) is 7.99. The number of aryl methyl sites for hydroxylation is 1. The first kappa shape index (κ1) is 27.5. The summed E-state index contributed by atoms with van der Waals surface area (Å²) in [6.07, 6.45) is 1.64. The Kier molecular flexibility index (Phi) is 8.90. The van der Waals surface area contributed by atoms with Crippen LogP contribution in [-0.2, 0) is 9.59 Å². The molecule has 1 fully saturated rings. The number of nitrogens with one attached hydrogen (secondary N) is 3. The molecule has 1 heterocycles. The van der Waals surface area contributed by atoms with Gasteiger partial charge in [0.2, 0.25) is 0 Å². The van der Waals surface area contributed by atoms with Crippen molar-refractivity contribution < 1.29 is 19.1 Å². The SMILES string of the molecule is Cc1cccc(NC(=O)COc2ccc(/C=C3/SC(=S)N(NC(=O)Nc4ccc(Cl)c(Cl)c4)C3=O)cc2)c1. The van der Waals surface area contributed by atoms with Crippen LogP contribution < -0.4 is 20.8 Å². The number of hydrazine groups is 1. The quantitative estimate of drug-likeness (QED) is 0.223. The minimum Gasteiger partial charge on any atom is -0.484 e. The number of rotatable bonds is 7. The number of ether oxygens (including phenoxy) is 1. The maximum Gasteiger partial charge on any atom is 0.338 e. The van der Waals surface area contributed by atoms with Gasteiger partial charge in [-0.15, -0.1) is 0 Å². The largest absolute Gasteiger partial charge is 0.484 e. The van der Waals surface area contributed by atoms with Crippen LogP contribution in [0.5, 0.6) is 5.75 Å². The summed E-state index contributed by atoms with van der Waals surface area (Å²) in [6, 6.07) is 18.3. The van der Waals surface area contributed by atoms with Crippen LogP contribution in [0, 0.1) is 6.92 Å². The number of carbonyl (C=O) groups is 3. The van der Waals surface area contributed by atoms with Crippen molar-refractivity contribution in [2.75, 3.05) is 17.2 Å². The highest BCUT2D eigenvalue weighted by Crippen LogP contribution is 2.32. The van der Waals surface area contributed by atoms with Crippen molar-refractivity contribution in [3.63, 3.8) is 0 Å². The van der Waals surface area contributed by atoms with E-state index in [4.69, 9.17) is 40.2 Å². The standard InChI is InChI=1S/C26H20Cl2N4O4S2/c1-15-3-2-4-17(11-15)29-23(33)14-36-19-8-5-16(6-9-19)12-22-24(34)32(26(37)38-22)31-25(35)30-18-7-10-20(27)21(28)13-18/h2-13H,14H2,1H3,(H,29,33)(H2,30,31,35)/b22-12+. The van der Waals surface area contributed by atoms with Gasteiger partial charge in [0.15, 0.2) is 10.9 Å². The van der Waals surface area contributed by atoms with Gasteiger partial charge in [-0.1, -0.05) is 59.2 Å². The van der Waals surface area contributed by atoms with E-state index < -0.39 is 11.9 Å². The lowest BCUT2D eigenvalue weighted by molar-refractivity contribution is -0.123. The number of urea groups is 1. The number of halogens is 2. The van der Waals surface area contributed by atoms with Crippen molar-refractivity contribution in [1.29, 1.82) is 0 Å². The molecule has 8 nitrogen and oxygen atoms in total. The first-order valence-electron chi connectivity index (χ1n) is 11.1. The molecule has 4 rings (SSSR count). The Labute approximate surface area is 238 Å². The summed E-state index contributed by atoms with van der Waals surface area (Å²) in [5, 5.41) is 6.96. The van der Waals surface area contributed by atoms with E-state index in [1.165, 1.54) is 6.07 Å². The number of nitrogens with zero attached hydrogens (tertiary/aromatic N) is 1. The number of amides is 4. The van der Waals surface area contributed by atoms with E-state index in [0.717, 1.165) is 22.3 Å². The molecule has 1 aliphatic rings. The Bertz CT molecular complexity index is 1450. The van der Waals surface area contributed by atoms with Gasteiger partial charge in [-0.2, -0.15) is 5.01 Å². The zero-order valence-electron chi connectivity index (χ0n) is 19.8. The molecule has 0 aromatic heterocycles. The Balaban J connectivity index is 1.31. The molecule has 194 valence electrons. The molecule has 0 saturated carbocycles. The summed E-state index contributed by atoms with van der Waals surface area (Å²) in [4.78, 5) is 37.7. The maximum absolute atomic E-state index is 12.8. The Hall–Kier alpha value is -3.57. The highest BCUT2D eigenvalue weighted by Gasteiger charge is 2.33. The fourth-order valence-corrected chi connectivity index (χ4v) is 4.76. The molecule has 0 atom stereocenters. The third kappa shape index (κ3) is 7.26. The lowest BCUT2D eigenvalue weighted by Gasteiger charge is -2.16. The van der Waals surface area contributed by atoms with Crippen LogP contribution in [0.4, 0.5) is 16.2 Å². The molecule has 12 heteroatoms. The van der Waals surface area contributed by atoms with Gasteiger partial charge in [0.05, 0.1) is 15.0 Å². The number of thioether (sulfide) groups is 1. The number of anilines is 2. The summed E-state index contributed by atoms with van der Waals surface area (Å²) < 4.78 is 5.72. The number of hydrogen-bond acceptors (Lipinski definition) is 6. The van der Waals surface area contributed by atoms with Crippen molar-refractivity contribution in [3.05, 3.63) is 92.8 Å². The van der Waals surface area contributed by atoms with E-state index >= 15 is 0 Å². The van der Waals surface area contributed by atoms with Crippen molar-refractivity contribution >= 4 is 86.8 Å². The molecule has 1 saturated heterocycles. The van der Waals surface area contributed by atoms with Crippen LogP contribution in [0.25, 0.3) is 6.08 Å². The van der Waals surface area contributed by atoms with Gasteiger partial charge in [-0.3, -0.25) is 9.59 Å². The number of hydrogen-bond donors (Lipinski definition) is 3. The van der Waals surface area contributed by atoms with Gasteiger partial charge in [-0.05, 0) is 78.8 Å². The van der Waals surface area contributed by atoms with Crippen molar-refractivity contribution in [2.45, 2.75) is 6.92 Å². The number of benzene rings is 3. The summed E-state index contributed by atoms with van der Waals surface area (Å²) >= 11 is 18.1. The van der Waals surface area contributed by atoms with Gasteiger partial charge in [-0.25, -0.2) is 10.2 Å². The fraction of sp³-hybridized carbons (Fsp3) is 0.0769. The van der Waals surface area contributed by atoms with Crippen LogP contribution in [0.2, 0.25) is 10.0 Å². The predicted molar refractivity (Wildman–Crippen MR) is 155 cm³/mol. The normalized spacial score (nSPS) is 14.0. The Morgan fingerprint density at radius 1 is 1.00 bits per heavy atom. The minimum atomic E-state index is -0.672. The van der Waals surface area contributed by atoms with Crippen LogP contribution in [0.3, 0.4) is 0 Å². The average Bonchev–Trinajstić information content (AvgIpc) is 3.13. The van der Waals surface area contributed by atoms with Crippen molar-refractivity contribution in [1.82, 2.24) is 10.4 Å². The topological polar surface area (TPSA) is 99.8 Å². The molecule has 0 aliphatic carbocycles. The monoisotopic (exact) mass is 586 g/mol. The van der Waals surface area contributed by atoms with Crippen LogP contribution in [0.1, 0.15) is 11.1 Å². The zero-order valence-corrected chi connectivity index (χ0v) is 22.9. The molecular weight excluding hydrogens is 567 g/mol. The molecule has 1 aliphatic heterocycles. The third-order valence-electron chi connectivity index (χ3n) is 5.03. The first-order chi connectivity index (χ1) is 18.2. The van der Waals surface area contributed by atoms with Gasteiger partial charge >= 0.3 is 6.03 Å². The molecule has 0 radical (unpaired) electrons. The predicted octanol–water partition coefficient (Wildman–Crippen LogP) is 6.26. The van der Waals surface area contributed by atoms with E-state index in [2.05, 4.69) is 16.1 Å². The summed E-state index contributed by atoms with van der Waals surface area (Å²) in [7, 11) is 0. The van der Waals surface area contributed by atoms with E-state index in [-0.39, 0.29) is 21.9 Å². The van der Waals surface area contributed by atoms with Gasteiger partial charge in [0, 0.05) is 11.4 Å². The van der Waals surface area contributed by atoms with Crippen LogP contribution in [-0.4, -0.2) is 33.8 Å². The minimum absolute atomic E-state index is 0.151. The number of carbonyl (C=O) groups excluding carboxylic acids is 3. The molecular formula is C26H20Cl2N4O4S2. The molecule has 3 aromatic carbocycles. The Morgan fingerprint density at radius 3 is 2.45 bits per heavy atom. The second-order valence-corrected chi connectivity index (χ2v) is 10.5. The van der Waals surface area contributed by atoms with Crippen LogP contribution >= 0.6 is 47.2 Å². The third-order valence-corrected chi connectivity index (χ3v) is 7.08. The van der Waals surface area contributed by atoms with Gasteiger partial charge < -0.3 is 15.4 Å². The smallest absolute Gasteiger partial charge is 0.338 e. The first-order valence-corrected chi connectivity index (χ1v) is 13.1. The average molecular weight is 588 g/mol. The second kappa shape index (κ2) is 12.3. The van der Waals surface area contributed by atoms with E-state index in [1.807, 2.05) is 25.1 Å². The van der Waals surface area contributed by atoms with Crippen LogP contribution in [0.15, 0.2) is 71.6 Å². The molecule has 4 amide bonds. The lowest BCUT2D eigenvalue weighted by Crippen LogP contribution is -2.46. The van der Waals surface area contributed by atoms with E-state index in [1.54, 1.807) is 48.5 Å². The van der Waals surface area contributed by atoms with Gasteiger partial charge in [0.25, 0.3) is 11.8 Å². The zero-order chi connectivity index (χ0) is 27.2. The van der Waals surface area contributed by atoms with Crippen molar-refractivity contribution in [3.8, 4) is 5.75 Å². The molecule has 0 bridgehead atoms. The summed E-state index contributed by atoms with van der Waals surface area (Å²) in [6.45, 7) is 1.79. The van der Waals surface area contributed by atoms with E-state index in [0.29, 0.717) is 32.6 Å². The summed E-state index contributed by atoms with van der Waals surface area (Å²) in [5.41, 5.74) is 5.28. The molecule has 38 heavy (non-hydrogen) atoms. The molecule has 0 spiro atoms. The Morgan fingerprint density at radius 2 is 1.74 bits per heavy atom. The maximum atomic E-state index is 12.8. The molecule has 3 aromatic rings. The van der Waals surface area contributed by atoms with Crippen molar-refractivity contribution in [2.24, 2.45) is 0 Å². The van der Waals surface area contributed by atoms with Gasteiger partial charge in [0.1, 0.15) is 5.75 Å². The lowest BCUT2D eigenvalue weighted by atomic mass is 10.2. The fourth-order valence-electron chi connectivity index (χ4n) is 3.28. The van der Waals surface area contributed by atoms with E-state index in [9.17, 15) is 14.4 Å². The highest BCUT2D eigenvalue weighted by molar-refractivity contribution is 8.26.